The zero-order chi connectivity index (χ0) is 38.4. The lowest BCUT2D eigenvalue weighted by atomic mass is 9.77. The van der Waals surface area contributed by atoms with Gasteiger partial charge in [-0.3, -0.25) is 0 Å². The Balaban J connectivity index is 1.28. The Morgan fingerprint density at radius 1 is 0.830 bits per heavy atom. The van der Waals surface area contributed by atoms with Gasteiger partial charge in [0.2, 0.25) is 0 Å². The van der Waals surface area contributed by atoms with E-state index in [2.05, 4.69) is 10.6 Å². The molecule has 0 spiro atoms. The molecule has 0 aromatic rings. The number of nitrogens with one attached hydrogen (secondary N) is 2. The maximum absolute atomic E-state index is 11.7. The topological polar surface area (TPSA) is 351 Å². The molecule has 4 aliphatic heterocycles. The van der Waals surface area contributed by atoms with Crippen molar-refractivity contribution in [3.8, 4) is 0 Å². The lowest BCUT2D eigenvalue weighted by Gasteiger charge is -2.46. The zero-order valence-corrected chi connectivity index (χ0v) is 30.0. The second kappa shape index (κ2) is 19.4. The summed E-state index contributed by atoms with van der Waals surface area (Å²) >= 11 is 0. The van der Waals surface area contributed by atoms with Gasteiger partial charge in [-0.05, 0) is 51.1 Å². The molecule has 308 valence electrons. The largest absolute Gasteiger partial charge is 0.394 e. The standard InChI is InChI=1S/C33H63N7O13/c34-10-16(42)2-1-15-9-19(37)27(51-30-18(36)4-3-17(48-30)12-40-14-33(47)5-7-39-8-6-33)29(23(15)43)53-32-26(46)28(21(13-41)50-32)52-31-22(38)25(45)24(44)20(11-35)49-31/h3-4,15-32,39-47H,1-2,5-14,34-38H2/t15-,16?,17+,18-,19+,20+,21-,22-,23+,24-,25-,26-,27-,28-,29-,30-,31-,32+/m1/s1. The summed E-state index contributed by atoms with van der Waals surface area (Å²) in [5, 5.41) is 81.6. The van der Waals surface area contributed by atoms with Gasteiger partial charge in [0.15, 0.2) is 18.9 Å². The molecule has 1 unspecified atom stereocenters. The molecule has 1 saturated carbocycles. The number of hydrogen-bond acceptors (Lipinski definition) is 20. The van der Waals surface area contributed by atoms with Gasteiger partial charge < -0.3 is 103 Å². The minimum absolute atomic E-state index is 0.0416. The summed E-state index contributed by atoms with van der Waals surface area (Å²) in [5.41, 5.74) is 29.6. The van der Waals surface area contributed by atoms with E-state index in [0.29, 0.717) is 38.8 Å². The predicted molar refractivity (Wildman–Crippen MR) is 186 cm³/mol. The predicted octanol–water partition coefficient (Wildman–Crippen LogP) is -6.93. The molecule has 4 heterocycles. The van der Waals surface area contributed by atoms with Gasteiger partial charge >= 0.3 is 0 Å². The van der Waals surface area contributed by atoms with E-state index in [4.69, 9.17) is 57.1 Å². The lowest BCUT2D eigenvalue weighted by molar-refractivity contribution is -0.286. The third kappa shape index (κ3) is 10.5. The first-order chi connectivity index (χ1) is 25.3. The minimum Gasteiger partial charge on any atom is -0.394 e. The van der Waals surface area contributed by atoms with E-state index in [1.165, 1.54) is 0 Å². The highest BCUT2D eigenvalue weighted by Gasteiger charge is 2.54. The summed E-state index contributed by atoms with van der Waals surface area (Å²) in [6, 6.07) is -2.68. The molecule has 4 fully saturated rings. The van der Waals surface area contributed by atoms with Crippen LogP contribution >= 0.6 is 0 Å². The van der Waals surface area contributed by atoms with Gasteiger partial charge in [0.1, 0.15) is 48.8 Å². The average Bonchev–Trinajstić information content (AvgIpc) is 3.44. The second-order valence-corrected chi connectivity index (χ2v) is 15.1. The molecule has 1 aliphatic carbocycles. The maximum Gasteiger partial charge on any atom is 0.187 e. The first kappa shape index (κ1) is 43.1. The number of nitrogens with two attached hydrogens (primary N) is 5. The first-order valence-electron chi connectivity index (χ1n) is 18.7. The molecular formula is C33H63N7O13. The summed E-state index contributed by atoms with van der Waals surface area (Å²) in [6.45, 7) is 1.48. The van der Waals surface area contributed by atoms with Crippen molar-refractivity contribution in [2.45, 2.75) is 142 Å². The van der Waals surface area contributed by atoms with E-state index >= 15 is 0 Å². The highest BCUT2D eigenvalue weighted by molar-refractivity contribution is 5.05. The molecule has 5 rings (SSSR count). The number of ether oxygens (including phenoxy) is 6. The van der Waals surface area contributed by atoms with Gasteiger partial charge in [-0.2, -0.15) is 0 Å². The normalized spacial score (nSPS) is 45.3. The smallest absolute Gasteiger partial charge is 0.187 e. The molecule has 0 radical (unpaired) electrons. The van der Waals surface area contributed by atoms with Crippen LogP contribution in [0.4, 0.5) is 0 Å². The first-order valence-corrected chi connectivity index (χ1v) is 18.7. The van der Waals surface area contributed by atoms with Crippen molar-refractivity contribution < 1.29 is 64.2 Å². The molecule has 18 atom stereocenters. The highest BCUT2D eigenvalue weighted by atomic mass is 16.8. The van der Waals surface area contributed by atoms with Crippen molar-refractivity contribution in [2.75, 3.05) is 45.9 Å². The number of rotatable bonds is 16. The minimum atomic E-state index is -1.58. The van der Waals surface area contributed by atoms with Crippen molar-refractivity contribution in [1.82, 2.24) is 10.6 Å². The average molecular weight is 766 g/mol. The van der Waals surface area contributed by atoms with Crippen LogP contribution in [0.25, 0.3) is 0 Å². The fraction of sp³-hybridized carbons (Fsp3) is 0.939. The third-order valence-electron chi connectivity index (χ3n) is 11.1. The number of hydrogen-bond donors (Lipinski definition) is 14. The molecule has 53 heavy (non-hydrogen) atoms. The number of aliphatic hydroxyl groups excluding tert-OH is 6. The van der Waals surface area contributed by atoms with Gasteiger partial charge in [0.25, 0.3) is 0 Å². The quantitative estimate of drug-likeness (QED) is 0.0649. The van der Waals surface area contributed by atoms with E-state index in [-0.39, 0.29) is 19.5 Å². The molecule has 0 aromatic heterocycles. The zero-order valence-electron chi connectivity index (χ0n) is 30.0. The van der Waals surface area contributed by atoms with Gasteiger partial charge in [-0.1, -0.05) is 12.2 Å². The number of piperidine rings is 1. The van der Waals surface area contributed by atoms with Gasteiger partial charge in [0.05, 0.1) is 42.6 Å². The Morgan fingerprint density at radius 3 is 2.19 bits per heavy atom. The Kier molecular flexibility index (Phi) is 15.8. The Bertz CT molecular complexity index is 1140. The van der Waals surface area contributed by atoms with Crippen molar-refractivity contribution >= 4 is 0 Å². The summed E-state index contributed by atoms with van der Waals surface area (Å²) < 4.78 is 36.4. The summed E-state index contributed by atoms with van der Waals surface area (Å²) in [5.74, 6) is -0.469. The Morgan fingerprint density at radius 2 is 1.51 bits per heavy atom. The van der Waals surface area contributed by atoms with Crippen LogP contribution in [0.5, 0.6) is 0 Å². The molecule has 20 nitrogen and oxygen atoms in total. The van der Waals surface area contributed by atoms with Crippen molar-refractivity contribution in [2.24, 2.45) is 34.6 Å². The molecule has 0 amide bonds. The van der Waals surface area contributed by atoms with Crippen molar-refractivity contribution in [3.05, 3.63) is 12.2 Å². The van der Waals surface area contributed by atoms with E-state index in [0.717, 1.165) is 13.1 Å². The van der Waals surface area contributed by atoms with Crippen LogP contribution in [-0.2, 0) is 28.4 Å². The van der Waals surface area contributed by atoms with Gasteiger partial charge in [0, 0.05) is 32.2 Å². The monoisotopic (exact) mass is 765 g/mol. The van der Waals surface area contributed by atoms with Crippen LogP contribution in [0.2, 0.25) is 0 Å². The van der Waals surface area contributed by atoms with E-state index in [9.17, 15) is 35.7 Å². The maximum atomic E-state index is 11.7. The molecule has 0 bridgehead atoms. The van der Waals surface area contributed by atoms with Crippen molar-refractivity contribution in [3.63, 3.8) is 0 Å². The molecule has 19 N–H and O–H groups in total. The van der Waals surface area contributed by atoms with Crippen LogP contribution in [0, 0.1) is 5.92 Å². The fourth-order valence-electron chi connectivity index (χ4n) is 7.75. The Hall–Kier alpha value is -1.06. The van der Waals surface area contributed by atoms with E-state index < -0.39 is 122 Å². The summed E-state index contributed by atoms with van der Waals surface area (Å²) in [6.07, 6.45) is -10.7. The van der Waals surface area contributed by atoms with E-state index in [1.807, 2.05) is 6.08 Å². The highest BCUT2D eigenvalue weighted by Crippen LogP contribution is 2.37. The van der Waals surface area contributed by atoms with E-state index in [1.54, 1.807) is 6.08 Å². The van der Waals surface area contributed by atoms with Gasteiger partial charge in [-0.15, -0.1) is 0 Å². The Labute approximate surface area is 309 Å². The third-order valence-corrected chi connectivity index (χ3v) is 11.1. The molecule has 3 saturated heterocycles. The molecular weight excluding hydrogens is 702 g/mol. The SMILES string of the molecule is NCC(O)CC[C@@H]1C[C@H](N)[C@@H](O[C@H]2O[C@H](CNCC3(O)CCNCC3)C=C[C@H]2N)[C@H](O[C@@H]2O[C@H](CO)[C@@H](O[C@H]3O[C@@H](CN)[C@@H](O)[C@H](O)[C@H]3N)[C@H]2O)[C@H]1O. The molecule has 20 heteroatoms. The second-order valence-electron chi connectivity index (χ2n) is 15.1. The molecule has 5 aliphatic rings. The van der Waals surface area contributed by atoms with Crippen molar-refractivity contribution in [1.29, 1.82) is 0 Å². The van der Waals surface area contributed by atoms with Crippen LogP contribution < -0.4 is 39.3 Å². The van der Waals surface area contributed by atoms with Crippen LogP contribution in [0.15, 0.2) is 12.2 Å². The summed E-state index contributed by atoms with van der Waals surface area (Å²) in [7, 11) is 0. The van der Waals surface area contributed by atoms with Crippen LogP contribution in [0.3, 0.4) is 0 Å². The lowest BCUT2D eigenvalue weighted by Crippen LogP contribution is -2.64. The summed E-state index contributed by atoms with van der Waals surface area (Å²) in [4.78, 5) is 0. The van der Waals surface area contributed by atoms with Gasteiger partial charge in [-0.25, -0.2) is 0 Å². The van der Waals surface area contributed by atoms with Crippen LogP contribution in [0.1, 0.15) is 32.1 Å². The van der Waals surface area contributed by atoms with Crippen LogP contribution in [-0.4, -0.2) is 191 Å². The number of aliphatic hydroxyl groups is 7. The molecule has 0 aromatic carbocycles. The fourth-order valence-corrected chi connectivity index (χ4v) is 7.75.